The van der Waals surface area contributed by atoms with Gasteiger partial charge in [-0.05, 0) is 18.6 Å². The molecule has 0 saturated carbocycles. The molecule has 29 heavy (non-hydrogen) atoms. The number of benzene rings is 1. The maximum absolute atomic E-state index is 12.0. The number of ether oxygens (including phenoxy) is 1. The van der Waals surface area contributed by atoms with Crippen LogP contribution in [0.5, 0.6) is 5.75 Å². The van der Waals surface area contributed by atoms with E-state index in [2.05, 4.69) is 11.9 Å². The van der Waals surface area contributed by atoms with Gasteiger partial charge in [-0.3, -0.25) is 4.79 Å². The third-order valence-corrected chi connectivity index (χ3v) is 5.26. The van der Waals surface area contributed by atoms with Gasteiger partial charge in [-0.25, -0.2) is 9.78 Å². The minimum absolute atomic E-state index is 0.240. The zero-order valence-electron chi connectivity index (χ0n) is 17.8. The first kappa shape index (κ1) is 23.1. The molecule has 1 aromatic heterocycles. The average molecular weight is 402 g/mol. The summed E-state index contributed by atoms with van der Waals surface area (Å²) in [5, 5.41) is 0.379. The van der Waals surface area contributed by atoms with E-state index in [1.54, 1.807) is 18.2 Å². The van der Waals surface area contributed by atoms with Crippen molar-refractivity contribution in [1.82, 2.24) is 4.98 Å². The summed E-state index contributed by atoms with van der Waals surface area (Å²) in [7, 11) is 0. The second-order valence-corrected chi connectivity index (χ2v) is 7.79. The van der Waals surface area contributed by atoms with Crippen LogP contribution in [-0.2, 0) is 4.79 Å². The molecule has 0 N–H and O–H groups in total. The fourth-order valence-electron chi connectivity index (χ4n) is 3.52. The standard InChI is InChI=1S/C24H35NO4/c1-2-3-4-5-6-7-8-9-10-11-12-13-14-15-23(26)29-20-16-17-21-22(18-20)25-19-28-24(21)27/h16-19H,2-15H2,1H3. The summed E-state index contributed by atoms with van der Waals surface area (Å²) >= 11 is 0. The topological polar surface area (TPSA) is 69.4 Å². The highest BCUT2D eigenvalue weighted by Gasteiger charge is 2.07. The maximum Gasteiger partial charge on any atom is 0.346 e. The monoisotopic (exact) mass is 401 g/mol. The Balaban J connectivity index is 1.49. The van der Waals surface area contributed by atoms with Crippen LogP contribution in [0.25, 0.3) is 10.9 Å². The molecule has 0 saturated heterocycles. The first-order valence-electron chi connectivity index (χ1n) is 11.3. The molecule has 0 aliphatic rings. The number of carbonyl (C=O) groups excluding carboxylic acids is 1. The molecule has 5 heteroatoms. The van der Waals surface area contributed by atoms with Crippen molar-refractivity contribution in [3.8, 4) is 5.75 Å². The maximum atomic E-state index is 12.0. The number of aromatic nitrogens is 1. The van der Waals surface area contributed by atoms with Crippen LogP contribution in [0.1, 0.15) is 96.8 Å². The number of fused-ring (bicyclic) bond motifs is 1. The smallest absolute Gasteiger partial charge is 0.346 e. The Morgan fingerprint density at radius 1 is 0.897 bits per heavy atom. The van der Waals surface area contributed by atoms with Gasteiger partial charge in [0.05, 0.1) is 10.9 Å². The minimum atomic E-state index is -0.445. The van der Waals surface area contributed by atoms with Crippen LogP contribution >= 0.6 is 0 Å². The number of rotatable bonds is 15. The lowest BCUT2D eigenvalue weighted by molar-refractivity contribution is -0.134. The number of unbranched alkanes of at least 4 members (excludes halogenated alkanes) is 12. The van der Waals surface area contributed by atoms with Crippen molar-refractivity contribution in [3.63, 3.8) is 0 Å². The van der Waals surface area contributed by atoms with E-state index >= 15 is 0 Å². The van der Waals surface area contributed by atoms with E-state index in [9.17, 15) is 9.59 Å². The summed E-state index contributed by atoms with van der Waals surface area (Å²) in [6.07, 6.45) is 18.1. The summed E-state index contributed by atoms with van der Waals surface area (Å²) in [4.78, 5) is 27.5. The Hall–Kier alpha value is -2.17. The molecule has 0 amide bonds. The van der Waals surface area contributed by atoms with Gasteiger partial charge in [0.1, 0.15) is 5.75 Å². The van der Waals surface area contributed by atoms with Gasteiger partial charge in [-0.15, -0.1) is 0 Å². The molecule has 0 atom stereocenters. The lowest BCUT2D eigenvalue weighted by Gasteiger charge is -2.05. The molecule has 0 aliphatic carbocycles. The normalized spacial score (nSPS) is 11.1. The van der Waals surface area contributed by atoms with Crippen molar-refractivity contribution in [2.75, 3.05) is 0 Å². The summed E-state index contributed by atoms with van der Waals surface area (Å²) in [5.74, 6) is 0.172. The van der Waals surface area contributed by atoms with E-state index in [4.69, 9.17) is 9.15 Å². The molecule has 0 bridgehead atoms. The van der Waals surface area contributed by atoms with Gasteiger partial charge in [-0.1, -0.05) is 84.0 Å². The van der Waals surface area contributed by atoms with Crippen molar-refractivity contribution in [1.29, 1.82) is 0 Å². The van der Waals surface area contributed by atoms with Crippen molar-refractivity contribution < 1.29 is 13.9 Å². The zero-order chi connectivity index (χ0) is 20.7. The highest BCUT2D eigenvalue weighted by molar-refractivity contribution is 5.80. The van der Waals surface area contributed by atoms with E-state index in [0.717, 1.165) is 19.2 Å². The first-order valence-corrected chi connectivity index (χ1v) is 11.3. The lowest BCUT2D eigenvalue weighted by atomic mass is 10.0. The quantitative estimate of drug-likeness (QED) is 0.192. The molecule has 0 unspecified atom stereocenters. The second kappa shape index (κ2) is 13.9. The summed E-state index contributed by atoms with van der Waals surface area (Å²) in [6.45, 7) is 2.26. The van der Waals surface area contributed by atoms with Gasteiger partial charge in [0.25, 0.3) is 0 Å². The number of hydrogen-bond donors (Lipinski definition) is 0. The van der Waals surface area contributed by atoms with Gasteiger partial charge < -0.3 is 9.15 Å². The molecule has 2 aromatic rings. The predicted molar refractivity (Wildman–Crippen MR) is 116 cm³/mol. The zero-order valence-corrected chi connectivity index (χ0v) is 17.8. The van der Waals surface area contributed by atoms with Crippen molar-refractivity contribution in [2.45, 2.75) is 96.8 Å². The molecule has 0 aliphatic heterocycles. The van der Waals surface area contributed by atoms with Crippen molar-refractivity contribution in [2.24, 2.45) is 0 Å². The molecule has 1 aromatic carbocycles. The van der Waals surface area contributed by atoms with Gasteiger partial charge in [-0.2, -0.15) is 0 Å². The Morgan fingerprint density at radius 2 is 1.48 bits per heavy atom. The summed E-state index contributed by atoms with van der Waals surface area (Å²) < 4.78 is 10.1. The van der Waals surface area contributed by atoms with Crippen molar-refractivity contribution in [3.05, 3.63) is 35.0 Å². The van der Waals surface area contributed by atoms with Crippen LogP contribution in [0.15, 0.2) is 33.8 Å². The Morgan fingerprint density at radius 3 is 2.10 bits per heavy atom. The van der Waals surface area contributed by atoms with Crippen LogP contribution in [0.4, 0.5) is 0 Å². The second-order valence-electron chi connectivity index (χ2n) is 7.79. The van der Waals surface area contributed by atoms with Crippen LogP contribution in [0.2, 0.25) is 0 Å². The van der Waals surface area contributed by atoms with Gasteiger partial charge in [0.2, 0.25) is 0 Å². The summed E-state index contributed by atoms with van der Waals surface area (Å²) in [6, 6.07) is 4.76. The fourth-order valence-corrected chi connectivity index (χ4v) is 3.52. The highest BCUT2D eigenvalue weighted by atomic mass is 16.5. The molecule has 0 fully saturated rings. The number of hydrogen-bond acceptors (Lipinski definition) is 5. The van der Waals surface area contributed by atoms with E-state index in [1.165, 1.54) is 70.6 Å². The Kier molecular flexibility index (Phi) is 11.1. The molecule has 160 valence electrons. The first-order chi connectivity index (χ1) is 14.2. The molecule has 1 heterocycles. The van der Waals surface area contributed by atoms with Gasteiger partial charge in [0, 0.05) is 12.5 Å². The van der Waals surface area contributed by atoms with Crippen LogP contribution in [0.3, 0.4) is 0 Å². The van der Waals surface area contributed by atoms with E-state index < -0.39 is 5.63 Å². The predicted octanol–water partition coefficient (Wildman–Crippen LogP) is 6.57. The van der Waals surface area contributed by atoms with E-state index in [0.29, 0.717) is 23.1 Å². The fraction of sp³-hybridized carbons (Fsp3) is 0.625. The molecule has 2 rings (SSSR count). The lowest BCUT2D eigenvalue weighted by Crippen LogP contribution is -2.08. The van der Waals surface area contributed by atoms with E-state index in [1.807, 2.05) is 0 Å². The SMILES string of the molecule is CCCCCCCCCCCCCCCC(=O)Oc1ccc2c(=O)ocnc2c1. The van der Waals surface area contributed by atoms with Crippen LogP contribution < -0.4 is 10.4 Å². The third kappa shape index (κ3) is 9.25. The molecule has 5 nitrogen and oxygen atoms in total. The molecular formula is C24H35NO4. The Bertz CT molecular complexity index is 784. The minimum Gasteiger partial charge on any atom is -0.426 e. The Labute approximate surface area is 173 Å². The van der Waals surface area contributed by atoms with Crippen molar-refractivity contribution >= 4 is 16.9 Å². The largest absolute Gasteiger partial charge is 0.426 e. The van der Waals surface area contributed by atoms with Gasteiger partial charge >= 0.3 is 11.6 Å². The van der Waals surface area contributed by atoms with E-state index in [-0.39, 0.29) is 5.97 Å². The highest BCUT2D eigenvalue weighted by Crippen LogP contribution is 2.18. The molecule has 0 spiro atoms. The number of nitrogens with zero attached hydrogens (tertiary/aromatic N) is 1. The van der Waals surface area contributed by atoms with Gasteiger partial charge in [0.15, 0.2) is 6.39 Å². The van der Waals surface area contributed by atoms with Crippen LogP contribution in [-0.4, -0.2) is 11.0 Å². The molecule has 0 radical (unpaired) electrons. The number of esters is 1. The van der Waals surface area contributed by atoms with Crippen LogP contribution in [0, 0.1) is 0 Å². The molecular weight excluding hydrogens is 366 g/mol. The third-order valence-electron chi connectivity index (χ3n) is 5.26. The average Bonchev–Trinajstić information content (AvgIpc) is 2.71. The summed E-state index contributed by atoms with van der Waals surface area (Å²) in [5.41, 5.74) is 0.0207. The number of carbonyl (C=O) groups is 1.